The number of rotatable bonds is 3. The topological polar surface area (TPSA) is 106 Å². The van der Waals surface area contributed by atoms with Crippen LogP contribution in [-0.4, -0.2) is 67.9 Å². The van der Waals surface area contributed by atoms with E-state index in [9.17, 15) is 9.59 Å². The van der Waals surface area contributed by atoms with Crippen LogP contribution in [-0.2, 0) is 4.74 Å². The molecule has 168 valence electrons. The summed E-state index contributed by atoms with van der Waals surface area (Å²) < 4.78 is 16.6. The molecule has 9 nitrogen and oxygen atoms in total. The Labute approximate surface area is 182 Å². The molecule has 2 N–H and O–H groups in total. The van der Waals surface area contributed by atoms with Gasteiger partial charge >= 0.3 is 0 Å². The summed E-state index contributed by atoms with van der Waals surface area (Å²) in [5.41, 5.74) is 1.10. The van der Waals surface area contributed by atoms with Crippen molar-refractivity contribution >= 4 is 17.5 Å². The number of likely N-dealkylation sites (N-methyl/N-ethyl adjacent to an activating group) is 1. The molecule has 1 aliphatic heterocycles. The van der Waals surface area contributed by atoms with Gasteiger partial charge in [0.25, 0.3) is 11.8 Å². The van der Waals surface area contributed by atoms with E-state index in [1.165, 1.54) is 0 Å². The Bertz CT molecular complexity index is 928. The van der Waals surface area contributed by atoms with Crippen molar-refractivity contribution in [3.63, 3.8) is 0 Å². The van der Waals surface area contributed by atoms with Crippen LogP contribution in [0.2, 0.25) is 0 Å². The molecular weight excluding hydrogens is 400 g/mol. The molecule has 0 fully saturated rings. The maximum Gasteiger partial charge on any atom is 0.277 e. The van der Waals surface area contributed by atoms with Gasteiger partial charge in [-0.15, -0.1) is 0 Å². The molecular formula is C22H30N4O5. The minimum Gasteiger partial charge on any atom is -0.491 e. The Morgan fingerprint density at radius 1 is 1.32 bits per heavy atom. The molecule has 2 aromatic rings. The number of carbonyl (C=O) groups excluding carboxylic acids is 2. The van der Waals surface area contributed by atoms with Crippen LogP contribution >= 0.6 is 0 Å². The van der Waals surface area contributed by atoms with Crippen molar-refractivity contribution in [1.29, 1.82) is 0 Å². The quantitative estimate of drug-likeness (QED) is 0.770. The minimum absolute atomic E-state index is 0.0661. The van der Waals surface area contributed by atoms with Gasteiger partial charge < -0.3 is 29.5 Å². The van der Waals surface area contributed by atoms with Crippen molar-refractivity contribution in [3.8, 4) is 5.75 Å². The number of carbonyl (C=O) groups is 2. The fourth-order valence-corrected chi connectivity index (χ4v) is 3.40. The van der Waals surface area contributed by atoms with Gasteiger partial charge in [-0.25, -0.2) is 0 Å². The molecule has 0 aliphatic carbocycles. The third-order valence-electron chi connectivity index (χ3n) is 5.35. The zero-order chi connectivity index (χ0) is 22.5. The highest BCUT2D eigenvalue weighted by atomic mass is 16.5. The molecule has 9 heteroatoms. The third-order valence-corrected chi connectivity index (χ3v) is 5.35. The lowest BCUT2D eigenvalue weighted by Crippen LogP contribution is -2.44. The SMILES string of the molecule is CO[C@@H]1CN(C)C(=O)c2ccc(NC(=O)c3cc(C)on3)cc2OC[C@H](C)NC[C@H]1C. The number of hydrogen-bond acceptors (Lipinski definition) is 7. The molecule has 0 radical (unpaired) electrons. The van der Waals surface area contributed by atoms with E-state index in [0.717, 1.165) is 6.54 Å². The van der Waals surface area contributed by atoms with Crippen molar-refractivity contribution in [2.24, 2.45) is 5.92 Å². The van der Waals surface area contributed by atoms with Gasteiger partial charge in [-0.05, 0) is 31.9 Å². The van der Waals surface area contributed by atoms with Crippen LogP contribution in [0.25, 0.3) is 0 Å². The van der Waals surface area contributed by atoms with Gasteiger partial charge in [-0.3, -0.25) is 9.59 Å². The Kier molecular flexibility index (Phi) is 7.29. The van der Waals surface area contributed by atoms with E-state index in [-0.39, 0.29) is 29.7 Å². The van der Waals surface area contributed by atoms with E-state index in [0.29, 0.717) is 35.9 Å². The van der Waals surface area contributed by atoms with Crippen LogP contribution in [0.3, 0.4) is 0 Å². The fraction of sp³-hybridized carbons (Fsp3) is 0.500. The number of hydrogen-bond donors (Lipinski definition) is 2. The summed E-state index contributed by atoms with van der Waals surface area (Å²) in [4.78, 5) is 27.2. The molecule has 0 saturated heterocycles. The lowest BCUT2D eigenvalue weighted by molar-refractivity contribution is 0.0281. The molecule has 1 aromatic carbocycles. The van der Waals surface area contributed by atoms with Crippen LogP contribution in [0.1, 0.15) is 40.5 Å². The summed E-state index contributed by atoms with van der Waals surface area (Å²) in [6.07, 6.45) is -0.0954. The number of methoxy groups -OCH3 is 1. The monoisotopic (exact) mass is 430 g/mol. The number of fused-ring (bicyclic) bond motifs is 1. The van der Waals surface area contributed by atoms with Crippen molar-refractivity contribution in [3.05, 3.63) is 41.3 Å². The van der Waals surface area contributed by atoms with Crippen LogP contribution in [0, 0.1) is 12.8 Å². The van der Waals surface area contributed by atoms with Crippen molar-refractivity contribution < 1.29 is 23.6 Å². The fourth-order valence-electron chi connectivity index (χ4n) is 3.40. The van der Waals surface area contributed by atoms with Crippen LogP contribution < -0.4 is 15.4 Å². The van der Waals surface area contributed by atoms with E-state index >= 15 is 0 Å². The van der Waals surface area contributed by atoms with Gasteiger partial charge in [0.1, 0.15) is 18.1 Å². The molecule has 31 heavy (non-hydrogen) atoms. The number of nitrogens with zero attached hydrogens (tertiary/aromatic N) is 2. The molecule has 1 aliphatic rings. The summed E-state index contributed by atoms with van der Waals surface area (Å²) in [5, 5.41) is 9.93. The summed E-state index contributed by atoms with van der Waals surface area (Å²) in [7, 11) is 3.41. The number of nitrogens with one attached hydrogen (secondary N) is 2. The number of amides is 2. The average Bonchev–Trinajstić information content (AvgIpc) is 3.19. The summed E-state index contributed by atoms with van der Waals surface area (Å²) >= 11 is 0. The largest absolute Gasteiger partial charge is 0.491 e. The predicted molar refractivity (Wildman–Crippen MR) is 116 cm³/mol. The second kappa shape index (κ2) is 9.93. The lowest BCUT2D eigenvalue weighted by Gasteiger charge is -2.30. The normalized spacial score (nSPS) is 22.7. The van der Waals surface area contributed by atoms with E-state index in [1.54, 1.807) is 50.2 Å². The van der Waals surface area contributed by atoms with Gasteiger partial charge in [0.05, 0.1) is 11.7 Å². The number of benzene rings is 1. The highest BCUT2D eigenvalue weighted by molar-refractivity contribution is 6.03. The van der Waals surface area contributed by atoms with Crippen molar-refractivity contribution in [2.75, 3.05) is 39.2 Å². The first kappa shape index (κ1) is 22.8. The molecule has 0 unspecified atom stereocenters. The lowest BCUT2D eigenvalue weighted by atomic mass is 10.0. The number of aromatic nitrogens is 1. The van der Waals surface area contributed by atoms with Crippen molar-refractivity contribution in [1.82, 2.24) is 15.4 Å². The van der Waals surface area contributed by atoms with Gasteiger partial charge in [0.15, 0.2) is 5.69 Å². The van der Waals surface area contributed by atoms with Crippen LogP contribution in [0.15, 0.2) is 28.8 Å². The molecule has 2 heterocycles. The molecule has 0 bridgehead atoms. The van der Waals surface area contributed by atoms with E-state index < -0.39 is 5.91 Å². The molecule has 3 rings (SSSR count). The number of aryl methyl sites for hydroxylation is 1. The first-order valence-electron chi connectivity index (χ1n) is 10.3. The van der Waals surface area contributed by atoms with E-state index in [1.807, 2.05) is 6.92 Å². The Morgan fingerprint density at radius 3 is 2.77 bits per heavy atom. The molecule has 2 amide bonds. The van der Waals surface area contributed by atoms with Crippen LogP contribution in [0.5, 0.6) is 5.75 Å². The zero-order valence-corrected chi connectivity index (χ0v) is 18.6. The number of ether oxygens (including phenoxy) is 2. The second-order valence-corrected chi connectivity index (χ2v) is 8.05. The van der Waals surface area contributed by atoms with Gasteiger partial charge in [-0.2, -0.15) is 0 Å². The third kappa shape index (κ3) is 5.62. The smallest absolute Gasteiger partial charge is 0.277 e. The molecule has 1 aromatic heterocycles. The second-order valence-electron chi connectivity index (χ2n) is 8.05. The standard InChI is InChI=1S/C22H30N4O5/c1-13-10-23-14(2)12-30-19-9-16(24-21(27)18-8-15(3)31-25-18)6-7-17(19)22(28)26(4)11-20(13)29-5/h6-9,13-14,20,23H,10-12H2,1-5H3,(H,24,27)/t13-,14+,20-/m1/s1. The summed E-state index contributed by atoms with van der Waals surface area (Å²) in [5.74, 6) is 0.599. The van der Waals surface area contributed by atoms with Gasteiger partial charge in [0, 0.05) is 51.1 Å². The predicted octanol–water partition coefficient (Wildman–Crippen LogP) is 2.33. The highest BCUT2D eigenvalue weighted by Gasteiger charge is 2.25. The first-order valence-corrected chi connectivity index (χ1v) is 10.3. The Morgan fingerprint density at radius 2 is 2.10 bits per heavy atom. The summed E-state index contributed by atoms with van der Waals surface area (Å²) in [6.45, 7) is 7.39. The van der Waals surface area contributed by atoms with Crippen LogP contribution in [0.4, 0.5) is 5.69 Å². The minimum atomic E-state index is -0.402. The maximum absolute atomic E-state index is 13.1. The zero-order valence-electron chi connectivity index (χ0n) is 18.6. The summed E-state index contributed by atoms with van der Waals surface area (Å²) in [6, 6.07) is 6.60. The van der Waals surface area contributed by atoms with E-state index in [4.69, 9.17) is 14.0 Å². The maximum atomic E-state index is 13.1. The van der Waals surface area contributed by atoms with Gasteiger partial charge in [-0.1, -0.05) is 12.1 Å². The Balaban J connectivity index is 1.86. The molecule has 0 saturated carbocycles. The van der Waals surface area contributed by atoms with Crippen molar-refractivity contribution in [2.45, 2.75) is 32.9 Å². The first-order chi connectivity index (χ1) is 14.8. The molecule has 3 atom stereocenters. The highest BCUT2D eigenvalue weighted by Crippen LogP contribution is 2.26. The molecule has 0 spiro atoms. The average molecular weight is 431 g/mol. The van der Waals surface area contributed by atoms with E-state index in [2.05, 4.69) is 22.7 Å². The number of anilines is 1. The Hall–Kier alpha value is -2.91. The van der Waals surface area contributed by atoms with Gasteiger partial charge in [0.2, 0.25) is 0 Å².